The van der Waals surface area contributed by atoms with Crippen LogP contribution in [0.4, 0.5) is 0 Å². The lowest BCUT2D eigenvalue weighted by molar-refractivity contribution is 0.0195. The Bertz CT molecular complexity index is 572. The van der Waals surface area contributed by atoms with E-state index in [9.17, 15) is 0 Å². The second-order valence-electron chi connectivity index (χ2n) is 6.69. The number of morpholine rings is 1. The van der Waals surface area contributed by atoms with E-state index in [1.807, 2.05) is 7.05 Å². The summed E-state index contributed by atoms with van der Waals surface area (Å²) in [6.07, 6.45) is 1.20. The minimum absolute atomic E-state index is 0.618. The number of hydrogen-bond donors (Lipinski definition) is 1. The zero-order chi connectivity index (χ0) is 17.5. The lowest BCUT2D eigenvalue weighted by Gasteiger charge is -2.32. The van der Waals surface area contributed by atoms with E-state index in [-0.39, 0.29) is 0 Å². The summed E-state index contributed by atoms with van der Waals surface area (Å²) in [5.74, 6) is 0.993. The number of rotatable bonds is 5. The Balaban J connectivity index is 1.52. The highest BCUT2D eigenvalue weighted by molar-refractivity contribution is 5.80. The lowest BCUT2D eigenvalue weighted by atomic mass is 10.1. The molecule has 0 aliphatic carbocycles. The summed E-state index contributed by atoms with van der Waals surface area (Å²) < 4.78 is 10.7. The molecule has 1 aromatic rings. The molecule has 1 aromatic carbocycles. The zero-order valence-corrected chi connectivity index (χ0v) is 15.4. The molecule has 0 saturated carbocycles. The van der Waals surface area contributed by atoms with Crippen LogP contribution in [-0.2, 0) is 22.6 Å². The normalized spacial score (nSPS) is 22.4. The van der Waals surface area contributed by atoms with Gasteiger partial charge in [-0.2, -0.15) is 0 Å². The van der Waals surface area contributed by atoms with Gasteiger partial charge in [-0.15, -0.1) is 0 Å². The maximum absolute atomic E-state index is 5.47. The SMILES string of the molecule is CN=C(NCc1cccc(COC)c1)N1CCC(N2CCOCC2)C1. The lowest BCUT2D eigenvalue weighted by Crippen LogP contribution is -2.46. The molecule has 1 unspecified atom stereocenters. The van der Waals surface area contributed by atoms with Crippen molar-refractivity contribution in [3.05, 3.63) is 35.4 Å². The third-order valence-corrected chi connectivity index (χ3v) is 4.99. The fourth-order valence-corrected chi connectivity index (χ4v) is 3.68. The van der Waals surface area contributed by atoms with Gasteiger partial charge < -0.3 is 19.7 Å². The Kier molecular flexibility index (Phi) is 6.67. The summed E-state index contributed by atoms with van der Waals surface area (Å²) in [5, 5.41) is 3.51. The average Bonchev–Trinajstić information content (AvgIpc) is 3.14. The minimum Gasteiger partial charge on any atom is -0.380 e. The molecule has 0 bridgehead atoms. The molecule has 6 heteroatoms. The van der Waals surface area contributed by atoms with Crippen molar-refractivity contribution in [2.75, 3.05) is 53.6 Å². The molecule has 0 aromatic heterocycles. The molecule has 25 heavy (non-hydrogen) atoms. The van der Waals surface area contributed by atoms with Gasteiger partial charge in [0.05, 0.1) is 19.8 Å². The van der Waals surface area contributed by atoms with E-state index < -0.39 is 0 Å². The number of aliphatic imine (C=N–C) groups is 1. The Hall–Kier alpha value is -1.63. The van der Waals surface area contributed by atoms with Gasteiger partial charge in [0.2, 0.25) is 0 Å². The molecular formula is C19H30N4O2. The van der Waals surface area contributed by atoms with Crippen molar-refractivity contribution in [3.8, 4) is 0 Å². The maximum atomic E-state index is 5.47. The summed E-state index contributed by atoms with van der Waals surface area (Å²) in [6, 6.07) is 9.12. The van der Waals surface area contributed by atoms with Crippen molar-refractivity contribution in [3.63, 3.8) is 0 Å². The quantitative estimate of drug-likeness (QED) is 0.644. The van der Waals surface area contributed by atoms with Crippen LogP contribution in [-0.4, -0.2) is 75.4 Å². The fraction of sp³-hybridized carbons (Fsp3) is 0.632. The van der Waals surface area contributed by atoms with Crippen LogP contribution >= 0.6 is 0 Å². The van der Waals surface area contributed by atoms with Crippen LogP contribution in [0, 0.1) is 0 Å². The molecule has 0 radical (unpaired) electrons. The maximum Gasteiger partial charge on any atom is 0.193 e. The first kappa shape index (κ1) is 18.2. The van der Waals surface area contributed by atoms with Gasteiger partial charge in [-0.25, -0.2) is 0 Å². The Morgan fingerprint density at radius 3 is 2.84 bits per heavy atom. The van der Waals surface area contributed by atoms with Crippen LogP contribution in [0.3, 0.4) is 0 Å². The van der Waals surface area contributed by atoms with Crippen molar-refractivity contribution in [2.45, 2.75) is 25.6 Å². The Morgan fingerprint density at radius 1 is 1.28 bits per heavy atom. The molecule has 0 spiro atoms. The van der Waals surface area contributed by atoms with Crippen LogP contribution in [0.2, 0.25) is 0 Å². The van der Waals surface area contributed by atoms with E-state index in [1.165, 1.54) is 17.5 Å². The molecule has 2 aliphatic heterocycles. The highest BCUT2D eigenvalue weighted by atomic mass is 16.5. The smallest absolute Gasteiger partial charge is 0.193 e. The molecule has 2 saturated heterocycles. The van der Waals surface area contributed by atoms with Gasteiger partial charge in [-0.3, -0.25) is 9.89 Å². The first-order chi connectivity index (χ1) is 12.3. The number of hydrogen-bond acceptors (Lipinski definition) is 4. The van der Waals surface area contributed by atoms with Gasteiger partial charge in [-0.1, -0.05) is 24.3 Å². The van der Waals surface area contributed by atoms with Gasteiger partial charge >= 0.3 is 0 Å². The zero-order valence-electron chi connectivity index (χ0n) is 15.4. The van der Waals surface area contributed by atoms with Crippen LogP contribution in [0.25, 0.3) is 0 Å². The van der Waals surface area contributed by atoms with Crippen LogP contribution < -0.4 is 5.32 Å². The average molecular weight is 346 g/mol. The first-order valence-electron chi connectivity index (χ1n) is 9.14. The van der Waals surface area contributed by atoms with Crippen molar-refractivity contribution < 1.29 is 9.47 Å². The summed E-state index contributed by atoms with van der Waals surface area (Å²) in [4.78, 5) is 9.42. The Morgan fingerprint density at radius 2 is 2.08 bits per heavy atom. The molecule has 2 fully saturated rings. The molecule has 0 amide bonds. The number of nitrogens with one attached hydrogen (secondary N) is 1. The van der Waals surface area contributed by atoms with E-state index in [0.717, 1.165) is 51.9 Å². The fourth-order valence-electron chi connectivity index (χ4n) is 3.68. The molecule has 1 N–H and O–H groups in total. The minimum atomic E-state index is 0.618. The third kappa shape index (κ3) is 4.93. The summed E-state index contributed by atoms with van der Waals surface area (Å²) in [5.41, 5.74) is 2.45. The van der Waals surface area contributed by atoms with Gasteiger partial charge in [0.15, 0.2) is 5.96 Å². The molecule has 6 nitrogen and oxygen atoms in total. The number of benzene rings is 1. The monoisotopic (exact) mass is 346 g/mol. The third-order valence-electron chi connectivity index (χ3n) is 4.99. The number of ether oxygens (including phenoxy) is 2. The van der Waals surface area contributed by atoms with Gasteiger partial charge in [0.1, 0.15) is 0 Å². The Labute approximate surface area is 150 Å². The highest BCUT2D eigenvalue weighted by Crippen LogP contribution is 2.17. The van der Waals surface area contributed by atoms with Crippen LogP contribution in [0.1, 0.15) is 17.5 Å². The van der Waals surface area contributed by atoms with E-state index >= 15 is 0 Å². The van der Waals surface area contributed by atoms with E-state index in [4.69, 9.17) is 9.47 Å². The predicted molar refractivity (Wildman–Crippen MR) is 99.7 cm³/mol. The molecule has 3 rings (SSSR count). The molecular weight excluding hydrogens is 316 g/mol. The van der Waals surface area contributed by atoms with E-state index in [2.05, 4.69) is 44.4 Å². The number of likely N-dealkylation sites (tertiary alicyclic amines) is 1. The van der Waals surface area contributed by atoms with Crippen molar-refractivity contribution in [2.24, 2.45) is 4.99 Å². The summed E-state index contributed by atoms with van der Waals surface area (Å²) >= 11 is 0. The molecule has 2 heterocycles. The number of guanidine groups is 1. The number of methoxy groups -OCH3 is 1. The largest absolute Gasteiger partial charge is 0.380 e. The first-order valence-corrected chi connectivity index (χ1v) is 9.14. The number of nitrogens with zero attached hydrogens (tertiary/aromatic N) is 3. The van der Waals surface area contributed by atoms with E-state index in [1.54, 1.807) is 7.11 Å². The second kappa shape index (κ2) is 9.17. The van der Waals surface area contributed by atoms with Gasteiger partial charge in [0, 0.05) is 52.9 Å². The van der Waals surface area contributed by atoms with Crippen molar-refractivity contribution in [1.82, 2.24) is 15.1 Å². The molecule has 2 aliphatic rings. The van der Waals surface area contributed by atoms with Crippen molar-refractivity contribution >= 4 is 5.96 Å². The summed E-state index contributed by atoms with van der Waals surface area (Å²) in [7, 11) is 3.59. The van der Waals surface area contributed by atoms with Crippen LogP contribution in [0.15, 0.2) is 29.3 Å². The van der Waals surface area contributed by atoms with E-state index in [0.29, 0.717) is 12.6 Å². The molecule has 1 atom stereocenters. The van der Waals surface area contributed by atoms with Crippen LogP contribution in [0.5, 0.6) is 0 Å². The topological polar surface area (TPSA) is 49.3 Å². The highest BCUT2D eigenvalue weighted by Gasteiger charge is 2.30. The predicted octanol–water partition coefficient (Wildman–Crippen LogP) is 1.31. The van der Waals surface area contributed by atoms with Gasteiger partial charge in [0.25, 0.3) is 0 Å². The standard InChI is InChI=1S/C19H30N4O2/c1-20-19(21-13-16-4-3-5-17(12-16)15-24-2)23-7-6-18(14-23)22-8-10-25-11-9-22/h3-5,12,18H,6-11,13-15H2,1-2H3,(H,20,21). The summed E-state index contributed by atoms with van der Waals surface area (Å²) in [6.45, 7) is 7.36. The van der Waals surface area contributed by atoms with Crippen molar-refractivity contribution in [1.29, 1.82) is 0 Å². The second-order valence-corrected chi connectivity index (χ2v) is 6.69. The molecule has 138 valence electrons. The van der Waals surface area contributed by atoms with Gasteiger partial charge in [-0.05, 0) is 17.5 Å².